The van der Waals surface area contributed by atoms with Gasteiger partial charge >= 0.3 is 0 Å². The van der Waals surface area contributed by atoms with Crippen LogP contribution in [0.3, 0.4) is 0 Å². The summed E-state index contributed by atoms with van der Waals surface area (Å²) in [5, 5.41) is 3.93. The van der Waals surface area contributed by atoms with Crippen LogP contribution in [-0.2, 0) is 0 Å². The second-order valence-electron chi connectivity index (χ2n) is 6.49. The van der Waals surface area contributed by atoms with Crippen LogP contribution < -0.4 is 5.32 Å². The van der Waals surface area contributed by atoms with Gasteiger partial charge < -0.3 is 14.6 Å². The zero-order valence-electron chi connectivity index (χ0n) is 13.9. The number of likely N-dealkylation sites (tertiary alicyclic amines) is 1. The monoisotopic (exact) mass is 314 g/mol. The summed E-state index contributed by atoms with van der Waals surface area (Å²) in [6.07, 6.45) is 6.15. The maximum Gasteiger partial charge on any atom is 0.287 e. The number of furan rings is 1. The van der Waals surface area contributed by atoms with Crippen LogP contribution >= 0.6 is 0 Å². The van der Waals surface area contributed by atoms with E-state index in [2.05, 4.69) is 17.1 Å². The second-order valence-corrected chi connectivity index (χ2v) is 6.49. The summed E-state index contributed by atoms with van der Waals surface area (Å²) in [6.45, 7) is 5.40. The molecule has 1 aromatic heterocycles. The molecule has 2 aromatic rings. The Bertz CT molecular complexity index is 617. The molecule has 0 aliphatic carbocycles. The fourth-order valence-electron chi connectivity index (χ4n) is 3.31. The van der Waals surface area contributed by atoms with Crippen molar-refractivity contribution in [1.29, 1.82) is 0 Å². The molecule has 1 aromatic carbocycles. The van der Waals surface area contributed by atoms with Gasteiger partial charge in [0.1, 0.15) is 5.58 Å². The molecule has 4 nitrogen and oxygen atoms in total. The van der Waals surface area contributed by atoms with Gasteiger partial charge in [-0.15, -0.1) is 0 Å². The number of rotatable bonds is 6. The molecule has 2 heterocycles. The van der Waals surface area contributed by atoms with E-state index in [1.807, 2.05) is 24.3 Å². The van der Waals surface area contributed by atoms with Gasteiger partial charge in [0, 0.05) is 18.0 Å². The molecule has 1 aliphatic heterocycles. The Balaban J connectivity index is 1.39. The number of carbonyl (C=O) groups excluding carboxylic acids is 1. The predicted molar refractivity (Wildman–Crippen MR) is 92.7 cm³/mol. The normalized spacial score (nSPS) is 19.1. The van der Waals surface area contributed by atoms with E-state index in [1.165, 1.54) is 25.8 Å². The Hall–Kier alpha value is -1.81. The van der Waals surface area contributed by atoms with E-state index in [1.54, 1.807) is 6.07 Å². The highest BCUT2D eigenvalue weighted by molar-refractivity contribution is 5.95. The summed E-state index contributed by atoms with van der Waals surface area (Å²) in [7, 11) is 0. The second kappa shape index (κ2) is 7.64. The first-order valence-electron chi connectivity index (χ1n) is 8.75. The molecule has 0 unspecified atom stereocenters. The first kappa shape index (κ1) is 16.1. The van der Waals surface area contributed by atoms with Gasteiger partial charge in [-0.2, -0.15) is 0 Å². The molecule has 1 amide bonds. The molecule has 1 saturated heterocycles. The van der Waals surface area contributed by atoms with E-state index in [4.69, 9.17) is 4.42 Å². The van der Waals surface area contributed by atoms with Crippen LogP contribution in [0.5, 0.6) is 0 Å². The van der Waals surface area contributed by atoms with Crippen molar-refractivity contribution in [3.05, 3.63) is 36.1 Å². The Kier molecular flexibility index (Phi) is 5.34. The molecule has 0 bridgehead atoms. The molecule has 1 N–H and O–H groups in total. The summed E-state index contributed by atoms with van der Waals surface area (Å²) in [6, 6.07) is 10.2. The quantitative estimate of drug-likeness (QED) is 0.825. The number of nitrogens with zero attached hydrogens (tertiary/aromatic N) is 1. The number of carbonyl (C=O) groups is 1. The third-order valence-electron chi connectivity index (χ3n) is 4.75. The van der Waals surface area contributed by atoms with Crippen molar-refractivity contribution < 1.29 is 9.21 Å². The van der Waals surface area contributed by atoms with E-state index in [0.717, 1.165) is 30.4 Å². The van der Waals surface area contributed by atoms with E-state index in [9.17, 15) is 4.79 Å². The van der Waals surface area contributed by atoms with Crippen LogP contribution in [0.4, 0.5) is 0 Å². The number of para-hydroxylation sites is 1. The minimum atomic E-state index is -0.118. The van der Waals surface area contributed by atoms with Gasteiger partial charge in [-0.25, -0.2) is 0 Å². The van der Waals surface area contributed by atoms with Gasteiger partial charge in [0.05, 0.1) is 0 Å². The lowest BCUT2D eigenvalue weighted by Gasteiger charge is -2.33. The lowest BCUT2D eigenvalue weighted by Crippen LogP contribution is -2.38. The SMILES string of the molecule is C[C@H]1CCCCN1CCCCNC(=O)c1cc2ccccc2o1. The van der Waals surface area contributed by atoms with Gasteiger partial charge in [-0.1, -0.05) is 24.6 Å². The lowest BCUT2D eigenvalue weighted by atomic mass is 10.0. The van der Waals surface area contributed by atoms with E-state index >= 15 is 0 Å². The van der Waals surface area contributed by atoms with Crippen molar-refractivity contribution >= 4 is 16.9 Å². The van der Waals surface area contributed by atoms with Crippen molar-refractivity contribution in [2.24, 2.45) is 0 Å². The standard InChI is InChI=1S/C19H26N2O2/c1-15-8-4-6-12-21(15)13-7-5-11-20-19(22)18-14-16-9-2-3-10-17(16)23-18/h2-3,9-10,14-15H,4-8,11-13H2,1H3,(H,20,22)/t15-/m0/s1. The van der Waals surface area contributed by atoms with Crippen LogP contribution in [0, 0.1) is 0 Å². The smallest absolute Gasteiger partial charge is 0.287 e. The number of unbranched alkanes of at least 4 members (excludes halogenated alkanes) is 1. The summed E-state index contributed by atoms with van der Waals surface area (Å²) >= 11 is 0. The van der Waals surface area contributed by atoms with Crippen molar-refractivity contribution in [1.82, 2.24) is 10.2 Å². The van der Waals surface area contributed by atoms with Gasteiger partial charge in [0.25, 0.3) is 5.91 Å². The molecule has 0 radical (unpaired) electrons. The number of amides is 1. The third kappa shape index (κ3) is 4.14. The highest BCUT2D eigenvalue weighted by Gasteiger charge is 2.17. The summed E-state index contributed by atoms with van der Waals surface area (Å²) in [4.78, 5) is 14.7. The molecule has 4 heteroatoms. The molecular weight excluding hydrogens is 288 g/mol. The van der Waals surface area contributed by atoms with E-state index in [-0.39, 0.29) is 5.91 Å². The Labute approximate surface area is 137 Å². The third-order valence-corrected chi connectivity index (χ3v) is 4.75. The molecule has 0 spiro atoms. The maximum absolute atomic E-state index is 12.1. The van der Waals surface area contributed by atoms with E-state index < -0.39 is 0 Å². The molecule has 0 saturated carbocycles. The predicted octanol–water partition coefficient (Wildman–Crippen LogP) is 3.82. The Morgan fingerprint density at radius 3 is 3.00 bits per heavy atom. The van der Waals surface area contributed by atoms with Gasteiger partial charge in [0.15, 0.2) is 5.76 Å². The average Bonchev–Trinajstić information content (AvgIpc) is 3.00. The van der Waals surface area contributed by atoms with Gasteiger partial charge in [0.2, 0.25) is 0 Å². The van der Waals surface area contributed by atoms with Crippen LogP contribution in [0.25, 0.3) is 11.0 Å². The van der Waals surface area contributed by atoms with Crippen LogP contribution in [0.15, 0.2) is 34.7 Å². The summed E-state index contributed by atoms with van der Waals surface area (Å²) < 4.78 is 5.58. The zero-order chi connectivity index (χ0) is 16.1. The zero-order valence-corrected chi connectivity index (χ0v) is 13.9. The van der Waals surface area contributed by atoms with Crippen LogP contribution in [0.2, 0.25) is 0 Å². The van der Waals surface area contributed by atoms with Crippen LogP contribution in [0.1, 0.15) is 49.6 Å². The number of benzene rings is 1. The highest BCUT2D eigenvalue weighted by atomic mass is 16.3. The minimum Gasteiger partial charge on any atom is -0.451 e. The summed E-state index contributed by atoms with van der Waals surface area (Å²) in [5.74, 6) is 0.281. The Morgan fingerprint density at radius 1 is 1.30 bits per heavy atom. The molecule has 23 heavy (non-hydrogen) atoms. The number of hydrogen-bond donors (Lipinski definition) is 1. The minimum absolute atomic E-state index is 0.118. The maximum atomic E-state index is 12.1. The fraction of sp³-hybridized carbons (Fsp3) is 0.526. The first-order chi connectivity index (χ1) is 11.2. The van der Waals surface area contributed by atoms with Gasteiger partial charge in [-0.05, 0) is 57.8 Å². The number of fused-ring (bicyclic) bond motifs is 1. The largest absolute Gasteiger partial charge is 0.451 e. The van der Waals surface area contributed by atoms with Crippen molar-refractivity contribution in [3.63, 3.8) is 0 Å². The molecule has 3 rings (SSSR count). The molecule has 124 valence electrons. The molecule has 1 atom stereocenters. The van der Waals surface area contributed by atoms with Crippen molar-refractivity contribution in [2.45, 2.75) is 45.1 Å². The van der Waals surface area contributed by atoms with Crippen LogP contribution in [-0.4, -0.2) is 36.5 Å². The number of hydrogen-bond acceptors (Lipinski definition) is 3. The van der Waals surface area contributed by atoms with Gasteiger partial charge in [-0.3, -0.25) is 4.79 Å². The molecular formula is C19H26N2O2. The first-order valence-corrected chi connectivity index (χ1v) is 8.75. The lowest BCUT2D eigenvalue weighted by molar-refractivity contribution is 0.0926. The molecule has 1 aliphatic rings. The topological polar surface area (TPSA) is 45.5 Å². The van der Waals surface area contributed by atoms with Crippen molar-refractivity contribution in [3.8, 4) is 0 Å². The number of nitrogens with one attached hydrogen (secondary N) is 1. The fourth-order valence-corrected chi connectivity index (χ4v) is 3.31. The number of piperidine rings is 1. The average molecular weight is 314 g/mol. The molecule has 1 fully saturated rings. The summed E-state index contributed by atoms with van der Waals surface area (Å²) in [5.41, 5.74) is 0.761. The van der Waals surface area contributed by atoms with Crippen molar-refractivity contribution in [2.75, 3.05) is 19.6 Å². The highest BCUT2D eigenvalue weighted by Crippen LogP contribution is 2.19. The van der Waals surface area contributed by atoms with E-state index in [0.29, 0.717) is 18.3 Å². The Morgan fingerprint density at radius 2 is 2.17 bits per heavy atom.